The predicted molar refractivity (Wildman–Crippen MR) is 87.2 cm³/mol. The molecule has 1 aromatic heterocycles. The van der Waals surface area contributed by atoms with Crippen molar-refractivity contribution in [2.75, 3.05) is 19.6 Å². The van der Waals surface area contributed by atoms with Gasteiger partial charge >= 0.3 is 0 Å². The molecule has 0 amide bonds. The van der Waals surface area contributed by atoms with Gasteiger partial charge in [-0.2, -0.15) is 0 Å². The SMILES string of the molecule is CCN1CCC(Cn2c(CCl)nc3cc(Br)ccc32)C1. The molecule has 20 heavy (non-hydrogen) atoms. The second kappa shape index (κ2) is 6.04. The number of likely N-dealkylation sites (tertiary alicyclic amines) is 1. The van der Waals surface area contributed by atoms with Crippen LogP contribution in [-0.2, 0) is 12.4 Å². The van der Waals surface area contributed by atoms with Gasteiger partial charge < -0.3 is 9.47 Å². The molecular formula is C15H19BrClN3. The minimum Gasteiger partial charge on any atom is -0.327 e. The van der Waals surface area contributed by atoms with Gasteiger partial charge in [-0.1, -0.05) is 22.9 Å². The normalized spacial score (nSPS) is 20.1. The van der Waals surface area contributed by atoms with Crippen molar-refractivity contribution in [3.63, 3.8) is 0 Å². The molecule has 5 heteroatoms. The Bertz CT molecular complexity index is 610. The van der Waals surface area contributed by atoms with Gasteiger partial charge in [-0.3, -0.25) is 0 Å². The second-order valence-electron chi connectivity index (χ2n) is 5.45. The fourth-order valence-electron chi connectivity index (χ4n) is 3.07. The van der Waals surface area contributed by atoms with Crippen LogP contribution in [0.3, 0.4) is 0 Å². The molecule has 1 unspecified atom stereocenters. The van der Waals surface area contributed by atoms with E-state index >= 15 is 0 Å². The maximum atomic E-state index is 6.08. The summed E-state index contributed by atoms with van der Waals surface area (Å²) in [4.78, 5) is 7.18. The average molecular weight is 357 g/mol. The van der Waals surface area contributed by atoms with E-state index in [1.807, 2.05) is 0 Å². The van der Waals surface area contributed by atoms with Crippen molar-refractivity contribution in [3.8, 4) is 0 Å². The van der Waals surface area contributed by atoms with Crippen molar-refractivity contribution in [2.24, 2.45) is 5.92 Å². The third-order valence-electron chi connectivity index (χ3n) is 4.17. The largest absolute Gasteiger partial charge is 0.327 e. The first-order chi connectivity index (χ1) is 9.71. The molecule has 0 saturated carbocycles. The summed E-state index contributed by atoms with van der Waals surface area (Å²) in [6.45, 7) is 6.81. The zero-order chi connectivity index (χ0) is 14.1. The van der Waals surface area contributed by atoms with Crippen molar-refractivity contribution >= 4 is 38.6 Å². The molecule has 0 N–H and O–H groups in total. The van der Waals surface area contributed by atoms with Crippen LogP contribution in [0.15, 0.2) is 22.7 Å². The molecule has 1 atom stereocenters. The van der Waals surface area contributed by atoms with E-state index in [1.54, 1.807) is 0 Å². The highest BCUT2D eigenvalue weighted by Crippen LogP contribution is 2.25. The molecule has 2 heterocycles. The summed E-state index contributed by atoms with van der Waals surface area (Å²) in [6.07, 6.45) is 1.27. The smallest absolute Gasteiger partial charge is 0.124 e. The number of hydrogen-bond acceptors (Lipinski definition) is 2. The Morgan fingerprint density at radius 1 is 1.45 bits per heavy atom. The topological polar surface area (TPSA) is 21.1 Å². The minimum atomic E-state index is 0.469. The van der Waals surface area contributed by atoms with Gasteiger partial charge in [-0.05, 0) is 43.6 Å². The van der Waals surface area contributed by atoms with E-state index in [-0.39, 0.29) is 0 Å². The van der Waals surface area contributed by atoms with Crippen LogP contribution >= 0.6 is 27.5 Å². The maximum Gasteiger partial charge on any atom is 0.124 e. The lowest BCUT2D eigenvalue weighted by atomic mass is 10.1. The first kappa shape index (κ1) is 14.4. The number of halogens is 2. The van der Waals surface area contributed by atoms with Gasteiger partial charge in [-0.15, -0.1) is 11.6 Å². The summed E-state index contributed by atoms with van der Waals surface area (Å²) in [6, 6.07) is 6.27. The van der Waals surface area contributed by atoms with Crippen LogP contribution < -0.4 is 0 Å². The summed E-state index contributed by atoms with van der Waals surface area (Å²) in [7, 11) is 0. The van der Waals surface area contributed by atoms with Gasteiger partial charge in [0.15, 0.2) is 0 Å². The van der Waals surface area contributed by atoms with Gasteiger partial charge in [0.05, 0.1) is 16.9 Å². The third-order valence-corrected chi connectivity index (χ3v) is 4.90. The molecular weight excluding hydrogens is 338 g/mol. The average Bonchev–Trinajstić information content (AvgIpc) is 3.03. The minimum absolute atomic E-state index is 0.469. The molecule has 0 radical (unpaired) electrons. The van der Waals surface area contributed by atoms with Gasteiger partial charge in [0.1, 0.15) is 5.82 Å². The van der Waals surface area contributed by atoms with Crippen LogP contribution in [0.5, 0.6) is 0 Å². The van der Waals surface area contributed by atoms with Crippen LogP contribution in [0, 0.1) is 5.92 Å². The number of alkyl halides is 1. The highest BCUT2D eigenvalue weighted by atomic mass is 79.9. The molecule has 3 nitrogen and oxygen atoms in total. The monoisotopic (exact) mass is 355 g/mol. The van der Waals surface area contributed by atoms with E-state index in [1.165, 1.54) is 25.0 Å². The predicted octanol–water partition coefficient (Wildman–Crippen LogP) is 3.88. The van der Waals surface area contributed by atoms with Crippen molar-refractivity contribution in [1.29, 1.82) is 0 Å². The first-order valence-corrected chi connectivity index (χ1v) is 8.47. The lowest BCUT2D eigenvalue weighted by molar-refractivity contribution is 0.333. The first-order valence-electron chi connectivity index (χ1n) is 7.14. The fourth-order valence-corrected chi connectivity index (χ4v) is 3.62. The van der Waals surface area contributed by atoms with Crippen LogP contribution in [0.1, 0.15) is 19.2 Å². The van der Waals surface area contributed by atoms with Gasteiger partial charge in [0.2, 0.25) is 0 Å². The number of hydrogen-bond donors (Lipinski definition) is 0. The number of rotatable bonds is 4. The Balaban J connectivity index is 1.90. The van der Waals surface area contributed by atoms with Crippen LogP contribution in [-0.4, -0.2) is 34.1 Å². The molecule has 1 aliphatic rings. The highest BCUT2D eigenvalue weighted by Gasteiger charge is 2.23. The molecule has 1 aromatic carbocycles. The van der Waals surface area contributed by atoms with E-state index in [4.69, 9.17) is 11.6 Å². The van der Waals surface area contributed by atoms with E-state index in [0.29, 0.717) is 11.8 Å². The summed E-state index contributed by atoms with van der Waals surface area (Å²) in [5, 5.41) is 0. The van der Waals surface area contributed by atoms with E-state index in [9.17, 15) is 0 Å². The van der Waals surface area contributed by atoms with Crippen LogP contribution in [0.2, 0.25) is 0 Å². The van der Waals surface area contributed by atoms with Crippen molar-refractivity contribution in [1.82, 2.24) is 14.5 Å². The van der Waals surface area contributed by atoms with Crippen LogP contribution in [0.4, 0.5) is 0 Å². The Hall–Kier alpha value is -0.580. The lowest BCUT2D eigenvalue weighted by Crippen LogP contribution is -2.21. The zero-order valence-electron chi connectivity index (χ0n) is 11.6. The standard InChI is InChI=1S/C15H19BrClN3/c1-2-19-6-5-11(9-19)10-20-14-4-3-12(16)7-13(14)18-15(20)8-17/h3-4,7,11H,2,5-6,8-10H2,1H3. The van der Waals surface area contributed by atoms with Gasteiger partial charge in [-0.25, -0.2) is 4.98 Å². The van der Waals surface area contributed by atoms with E-state index in [2.05, 4.69) is 55.5 Å². The summed E-state index contributed by atoms with van der Waals surface area (Å²) in [5.74, 6) is 2.16. The Morgan fingerprint density at radius 2 is 2.30 bits per heavy atom. The molecule has 0 spiro atoms. The number of benzene rings is 1. The Labute approximate surface area is 133 Å². The summed E-state index contributed by atoms with van der Waals surface area (Å²) < 4.78 is 3.37. The number of nitrogens with zero attached hydrogens (tertiary/aromatic N) is 3. The quantitative estimate of drug-likeness (QED) is 0.775. The number of imidazole rings is 1. The van der Waals surface area contributed by atoms with Crippen LogP contribution in [0.25, 0.3) is 11.0 Å². The highest BCUT2D eigenvalue weighted by molar-refractivity contribution is 9.10. The molecule has 1 saturated heterocycles. The summed E-state index contributed by atoms with van der Waals surface area (Å²) >= 11 is 9.58. The van der Waals surface area contributed by atoms with Crippen molar-refractivity contribution < 1.29 is 0 Å². The maximum absolute atomic E-state index is 6.08. The Kier molecular flexibility index (Phi) is 4.34. The van der Waals surface area contributed by atoms with E-state index in [0.717, 1.165) is 28.9 Å². The molecule has 3 rings (SSSR count). The van der Waals surface area contributed by atoms with Gasteiger partial charge in [0, 0.05) is 17.6 Å². The Morgan fingerprint density at radius 3 is 3.00 bits per heavy atom. The van der Waals surface area contributed by atoms with Gasteiger partial charge in [0.25, 0.3) is 0 Å². The number of fused-ring (bicyclic) bond motifs is 1. The summed E-state index contributed by atoms with van der Waals surface area (Å²) in [5.41, 5.74) is 2.22. The number of aromatic nitrogens is 2. The lowest BCUT2D eigenvalue weighted by Gasteiger charge is -2.15. The second-order valence-corrected chi connectivity index (χ2v) is 6.64. The molecule has 0 bridgehead atoms. The van der Waals surface area contributed by atoms with Crippen molar-refractivity contribution in [3.05, 3.63) is 28.5 Å². The molecule has 1 aliphatic heterocycles. The molecule has 108 valence electrons. The van der Waals surface area contributed by atoms with Crippen molar-refractivity contribution in [2.45, 2.75) is 25.8 Å². The molecule has 0 aliphatic carbocycles. The van der Waals surface area contributed by atoms with E-state index < -0.39 is 0 Å². The third kappa shape index (κ3) is 2.74. The molecule has 1 fully saturated rings. The zero-order valence-corrected chi connectivity index (χ0v) is 14.0. The molecule has 2 aromatic rings. The fraction of sp³-hybridized carbons (Fsp3) is 0.533.